The van der Waals surface area contributed by atoms with Gasteiger partial charge in [-0.1, -0.05) is 38.8 Å². The van der Waals surface area contributed by atoms with Crippen LogP contribution in [0.5, 0.6) is 0 Å². The van der Waals surface area contributed by atoms with E-state index >= 15 is 0 Å². The highest BCUT2D eigenvalue weighted by Crippen LogP contribution is 2.16. The van der Waals surface area contributed by atoms with Gasteiger partial charge in [0.1, 0.15) is 0 Å². The van der Waals surface area contributed by atoms with Crippen LogP contribution in [0, 0.1) is 5.92 Å². The van der Waals surface area contributed by atoms with Crippen LogP contribution >= 0.6 is 0 Å². The highest BCUT2D eigenvalue weighted by Gasteiger charge is 2.11. The Morgan fingerprint density at radius 3 is 2.89 bits per heavy atom. The number of para-hydroxylation sites is 2. The summed E-state index contributed by atoms with van der Waals surface area (Å²) in [6.07, 6.45) is 4.76. The second-order valence-corrected chi connectivity index (χ2v) is 5.17. The number of aromatic nitrogens is 2. The third-order valence-corrected chi connectivity index (χ3v) is 3.39. The Morgan fingerprint density at radius 1 is 1.33 bits per heavy atom. The van der Waals surface area contributed by atoms with Crippen molar-refractivity contribution in [1.82, 2.24) is 9.55 Å². The van der Waals surface area contributed by atoms with Crippen molar-refractivity contribution in [3.05, 3.63) is 30.6 Å². The van der Waals surface area contributed by atoms with Gasteiger partial charge in [0.05, 0.1) is 30.0 Å². The summed E-state index contributed by atoms with van der Waals surface area (Å²) in [5.74, 6) is 0.583. The van der Waals surface area contributed by atoms with Crippen LogP contribution in [-0.2, 0) is 6.54 Å². The van der Waals surface area contributed by atoms with Gasteiger partial charge in [0.25, 0.3) is 0 Å². The molecular formula is C15H22N2O. The van der Waals surface area contributed by atoms with Crippen LogP contribution in [0.3, 0.4) is 0 Å². The molecule has 2 aromatic rings. The van der Waals surface area contributed by atoms with Crippen LogP contribution in [0.4, 0.5) is 0 Å². The monoisotopic (exact) mass is 246 g/mol. The molecule has 1 N–H and O–H groups in total. The summed E-state index contributed by atoms with van der Waals surface area (Å²) in [6, 6.07) is 8.04. The van der Waals surface area contributed by atoms with Crippen molar-refractivity contribution in [3.8, 4) is 0 Å². The lowest BCUT2D eigenvalue weighted by Gasteiger charge is -2.16. The Hall–Kier alpha value is -1.35. The lowest BCUT2D eigenvalue weighted by atomic mass is 9.99. The summed E-state index contributed by atoms with van der Waals surface area (Å²) >= 11 is 0. The van der Waals surface area contributed by atoms with E-state index in [0.717, 1.165) is 17.5 Å². The number of aliphatic hydroxyl groups excluding tert-OH is 1. The molecule has 2 unspecified atom stereocenters. The fraction of sp³-hybridized carbons (Fsp3) is 0.533. The Kier molecular flexibility index (Phi) is 4.37. The molecule has 0 aliphatic heterocycles. The fourth-order valence-corrected chi connectivity index (χ4v) is 2.53. The molecule has 98 valence electrons. The Labute approximate surface area is 108 Å². The summed E-state index contributed by atoms with van der Waals surface area (Å²) in [7, 11) is 0. The van der Waals surface area contributed by atoms with Crippen molar-refractivity contribution in [1.29, 1.82) is 0 Å². The van der Waals surface area contributed by atoms with Gasteiger partial charge in [0.2, 0.25) is 0 Å². The topological polar surface area (TPSA) is 38.0 Å². The molecule has 0 bridgehead atoms. The van der Waals surface area contributed by atoms with Crippen molar-refractivity contribution in [2.45, 2.75) is 45.8 Å². The molecule has 2 rings (SSSR count). The van der Waals surface area contributed by atoms with Gasteiger partial charge in [-0.05, 0) is 24.5 Å². The number of imidazole rings is 1. The Bertz CT molecular complexity index is 492. The molecule has 1 aromatic heterocycles. The van der Waals surface area contributed by atoms with Crippen LogP contribution < -0.4 is 0 Å². The zero-order chi connectivity index (χ0) is 13.0. The molecule has 3 heteroatoms. The maximum absolute atomic E-state index is 10.1. The van der Waals surface area contributed by atoms with Crippen molar-refractivity contribution in [2.75, 3.05) is 0 Å². The van der Waals surface area contributed by atoms with Crippen molar-refractivity contribution in [2.24, 2.45) is 5.92 Å². The first-order valence-electron chi connectivity index (χ1n) is 6.78. The van der Waals surface area contributed by atoms with Gasteiger partial charge < -0.3 is 9.67 Å². The largest absolute Gasteiger partial charge is 0.391 e. The van der Waals surface area contributed by atoms with Crippen LogP contribution in [0.25, 0.3) is 11.0 Å². The van der Waals surface area contributed by atoms with Crippen molar-refractivity contribution in [3.63, 3.8) is 0 Å². The summed E-state index contributed by atoms with van der Waals surface area (Å²) in [5.41, 5.74) is 2.09. The van der Waals surface area contributed by atoms with E-state index in [4.69, 9.17) is 0 Å². The Morgan fingerprint density at radius 2 is 2.11 bits per heavy atom. The van der Waals surface area contributed by atoms with E-state index in [1.54, 1.807) is 0 Å². The van der Waals surface area contributed by atoms with E-state index in [0.29, 0.717) is 12.5 Å². The number of aliphatic hydroxyl groups is 1. The predicted octanol–water partition coefficient (Wildman–Crippen LogP) is 3.22. The highest BCUT2D eigenvalue weighted by atomic mass is 16.3. The van der Waals surface area contributed by atoms with E-state index in [1.807, 2.05) is 35.2 Å². The van der Waals surface area contributed by atoms with Crippen LogP contribution in [0.1, 0.15) is 33.1 Å². The van der Waals surface area contributed by atoms with Crippen LogP contribution in [-0.4, -0.2) is 20.8 Å². The molecule has 1 aromatic carbocycles. The molecule has 0 saturated carbocycles. The van der Waals surface area contributed by atoms with Crippen LogP contribution in [0.15, 0.2) is 30.6 Å². The standard InChI is InChI=1S/C15H22N2O/c1-3-6-12(2)9-13(18)10-17-11-16-14-7-4-5-8-15(14)17/h4-5,7-8,11-13,18H,3,6,9-10H2,1-2H3. The fourth-order valence-electron chi connectivity index (χ4n) is 2.53. The van der Waals surface area contributed by atoms with Gasteiger partial charge in [-0.15, -0.1) is 0 Å². The van der Waals surface area contributed by atoms with Crippen molar-refractivity contribution < 1.29 is 5.11 Å². The van der Waals surface area contributed by atoms with Gasteiger partial charge >= 0.3 is 0 Å². The molecule has 1 heterocycles. The third kappa shape index (κ3) is 3.10. The molecule has 0 radical (unpaired) electrons. The second kappa shape index (κ2) is 6.01. The molecule has 0 spiro atoms. The molecule has 0 fully saturated rings. The lowest BCUT2D eigenvalue weighted by Crippen LogP contribution is -2.18. The normalized spacial score (nSPS) is 14.8. The Balaban J connectivity index is 2.00. The molecule has 2 atom stereocenters. The van der Waals surface area contributed by atoms with Gasteiger partial charge in [-0.2, -0.15) is 0 Å². The van der Waals surface area contributed by atoms with Gasteiger partial charge in [0.15, 0.2) is 0 Å². The molecule has 0 saturated heterocycles. The molecular weight excluding hydrogens is 224 g/mol. The quantitative estimate of drug-likeness (QED) is 0.849. The summed E-state index contributed by atoms with van der Waals surface area (Å²) in [4.78, 5) is 4.34. The van der Waals surface area contributed by atoms with E-state index in [1.165, 1.54) is 12.8 Å². The molecule has 18 heavy (non-hydrogen) atoms. The summed E-state index contributed by atoms with van der Waals surface area (Å²) < 4.78 is 2.04. The summed E-state index contributed by atoms with van der Waals surface area (Å²) in [6.45, 7) is 5.03. The van der Waals surface area contributed by atoms with Crippen LogP contribution in [0.2, 0.25) is 0 Å². The molecule has 3 nitrogen and oxygen atoms in total. The number of hydrogen-bond acceptors (Lipinski definition) is 2. The number of benzene rings is 1. The summed E-state index contributed by atoms with van der Waals surface area (Å²) in [5, 5.41) is 10.1. The average Bonchev–Trinajstić information content (AvgIpc) is 2.73. The van der Waals surface area contributed by atoms with Crippen molar-refractivity contribution >= 4 is 11.0 Å². The minimum Gasteiger partial charge on any atom is -0.391 e. The highest BCUT2D eigenvalue weighted by molar-refractivity contribution is 5.74. The third-order valence-electron chi connectivity index (χ3n) is 3.39. The lowest BCUT2D eigenvalue weighted by molar-refractivity contribution is 0.126. The predicted molar refractivity (Wildman–Crippen MR) is 74.4 cm³/mol. The zero-order valence-electron chi connectivity index (χ0n) is 11.2. The van der Waals surface area contributed by atoms with E-state index in [2.05, 4.69) is 18.8 Å². The SMILES string of the molecule is CCCC(C)CC(O)Cn1cnc2ccccc21. The average molecular weight is 246 g/mol. The maximum Gasteiger partial charge on any atom is 0.0959 e. The number of rotatable bonds is 6. The minimum absolute atomic E-state index is 0.288. The van der Waals surface area contributed by atoms with Gasteiger partial charge in [-0.3, -0.25) is 0 Å². The number of fused-ring (bicyclic) bond motifs is 1. The van der Waals surface area contributed by atoms with Gasteiger partial charge in [0, 0.05) is 0 Å². The van der Waals surface area contributed by atoms with E-state index in [-0.39, 0.29) is 6.10 Å². The first kappa shape index (κ1) is 13.1. The second-order valence-electron chi connectivity index (χ2n) is 5.17. The molecule has 0 aliphatic carbocycles. The number of nitrogens with zero attached hydrogens (tertiary/aromatic N) is 2. The molecule has 0 aliphatic rings. The van der Waals surface area contributed by atoms with E-state index < -0.39 is 0 Å². The maximum atomic E-state index is 10.1. The minimum atomic E-state index is -0.288. The first-order chi connectivity index (χ1) is 8.70. The smallest absolute Gasteiger partial charge is 0.0959 e. The van der Waals surface area contributed by atoms with E-state index in [9.17, 15) is 5.11 Å². The first-order valence-corrected chi connectivity index (χ1v) is 6.78. The molecule has 0 amide bonds. The number of hydrogen-bond donors (Lipinski definition) is 1. The van der Waals surface area contributed by atoms with Gasteiger partial charge in [-0.25, -0.2) is 4.98 Å². The zero-order valence-corrected chi connectivity index (χ0v) is 11.2.